The summed E-state index contributed by atoms with van der Waals surface area (Å²) in [4.78, 5) is 10.9. The molecule has 5 nitrogen and oxygen atoms in total. The minimum Gasteiger partial charge on any atom is -0.384 e. The normalized spacial score (nSPS) is 19.6. The first-order valence-electron chi connectivity index (χ1n) is 7.24. The van der Waals surface area contributed by atoms with E-state index in [-0.39, 0.29) is 0 Å². The fraction of sp³-hybridized carbons (Fsp3) is 0.467. The second kappa shape index (κ2) is 5.63. The van der Waals surface area contributed by atoms with Gasteiger partial charge in [-0.1, -0.05) is 6.92 Å². The van der Waals surface area contributed by atoms with Crippen molar-refractivity contribution in [1.29, 1.82) is 0 Å². The maximum Gasteiger partial charge on any atom is 0.123 e. The molecule has 1 aliphatic rings. The van der Waals surface area contributed by atoms with Crippen molar-refractivity contribution in [2.75, 3.05) is 18.8 Å². The highest BCUT2D eigenvalue weighted by Crippen LogP contribution is 2.23. The van der Waals surface area contributed by atoms with E-state index >= 15 is 0 Å². The van der Waals surface area contributed by atoms with E-state index in [2.05, 4.69) is 26.4 Å². The molecule has 0 saturated carbocycles. The molecule has 1 unspecified atom stereocenters. The number of nitrogens with zero attached hydrogens (tertiary/aromatic N) is 4. The highest BCUT2D eigenvalue weighted by Gasteiger charge is 2.23. The van der Waals surface area contributed by atoms with Crippen LogP contribution in [0, 0.1) is 0 Å². The van der Waals surface area contributed by atoms with E-state index < -0.39 is 0 Å². The summed E-state index contributed by atoms with van der Waals surface area (Å²) >= 11 is 0. The first kappa shape index (κ1) is 13.1. The van der Waals surface area contributed by atoms with Crippen LogP contribution in [0.15, 0.2) is 30.9 Å². The van der Waals surface area contributed by atoms with Gasteiger partial charge in [0.2, 0.25) is 0 Å². The van der Waals surface area contributed by atoms with Gasteiger partial charge in [0, 0.05) is 24.3 Å². The van der Waals surface area contributed by atoms with Gasteiger partial charge in [0.1, 0.15) is 5.82 Å². The molecule has 0 amide bonds. The number of pyridine rings is 1. The number of nitrogen functional groups attached to an aromatic ring is 1. The molecule has 106 valence electrons. The summed E-state index contributed by atoms with van der Waals surface area (Å²) in [5.74, 6) is 0.548. The van der Waals surface area contributed by atoms with Crippen LogP contribution in [0.2, 0.25) is 0 Å². The van der Waals surface area contributed by atoms with Gasteiger partial charge in [-0.05, 0) is 38.1 Å². The molecule has 3 heterocycles. The standard InChI is InChI=1S/C15H21N5/c1-2-19-7-3-4-13(19)10-20-11-17-9-14(20)12-5-6-18-15(16)8-12/h5-6,8-9,11,13H,2-4,7,10H2,1H3,(H2,16,18). The third kappa shape index (κ3) is 2.54. The Balaban J connectivity index is 1.83. The molecule has 2 N–H and O–H groups in total. The number of likely N-dealkylation sites (tertiary alicyclic amines) is 1. The van der Waals surface area contributed by atoms with E-state index in [0.29, 0.717) is 11.9 Å². The van der Waals surface area contributed by atoms with Crippen molar-refractivity contribution in [3.05, 3.63) is 30.9 Å². The molecule has 0 bridgehead atoms. The van der Waals surface area contributed by atoms with Crippen LogP contribution in [0.4, 0.5) is 5.82 Å². The zero-order chi connectivity index (χ0) is 13.9. The minimum absolute atomic E-state index is 0.548. The molecular formula is C15H21N5. The Kier molecular flexibility index (Phi) is 3.69. The predicted octanol–water partition coefficient (Wildman–Crippen LogP) is 2.01. The van der Waals surface area contributed by atoms with Crippen LogP contribution in [0.25, 0.3) is 11.3 Å². The molecule has 3 rings (SSSR count). The summed E-state index contributed by atoms with van der Waals surface area (Å²) in [7, 11) is 0. The number of hydrogen-bond donors (Lipinski definition) is 1. The minimum atomic E-state index is 0.548. The molecule has 0 radical (unpaired) electrons. The van der Waals surface area contributed by atoms with E-state index in [0.717, 1.165) is 24.3 Å². The van der Waals surface area contributed by atoms with Crippen molar-refractivity contribution >= 4 is 5.82 Å². The zero-order valence-corrected chi connectivity index (χ0v) is 11.9. The number of nitrogens with two attached hydrogens (primary N) is 1. The molecule has 20 heavy (non-hydrogen) atoms. The van der Waals surface area contributed by atoms with Gasteiger partial charge in [0.15, 0.2) is 0 Å². The van der Waals surface area contributed by atoms with Crippen LogP contribution in [0.5, 0.6) is 0 Å². The first-order chi connectivity index (χ1) is 9.78. The lowest BCUT2D eigenvalue weighted by molar-refractivity contribution is 0.245. The first-order valence-corrected chi connectivity index (χ1v) is 7.24. The molecule has 0 aromatic carbocycles. The van der Waals surface area contributed by atoms with Crippen LogP contribution >= 0.6 is 0 Å². The Hall–Kier alpha value is -1.88. The lowest BCUT2D eigenvalue weighted by Crippen LogP contribution is -2.32. The van der Waals surface area contributed by atoms with Crippen LogP contribution in [-0.2, 0) is 6.54 Å². The number of likely N-dealkylation sites (N-methyl/N-ethyl adjacent to an activating group) is 1. The molecule has 1 saturated heterocycles. The SMILES string of the molecule is CCN1CCCC1Cn1cncc1-c1ccnc(N)c1. The summed E-state index contributed by atoms with van der Waals surface area (Å²) in [6.07, 6.45) is 8.13. The van der Waals surface area contributed by atoms with Crippen molar-refractivity contribution in [3.8, 4) is 11.3 Å². The average molecular weight is 271 g/mol. The third-order valence-electron chi connectivity index (χ3n) is 4.10. The van der Waals surface area contributed by atoms with Crippen molar-refractivity contribution in [1.82, 2.24) is 19.4 Å². The van der Waals surface area contributed by atoms with Gasteiger partial charge in [-0.25, -0.2) is 9.97 Å². The smallest absolute Gasteiger partial charge is 0.123 e. The Bertz CT molecular complexity index is 577. The largest absolute Gasteiger partial charge is 0.384 e. The summed E-state index contributed by atoms with van der Waals surface area (Å²) in [5, 5.41) is 0. The predicted molar refractivity (Wildman–Crippen MR) is 80.1 cm³/mol. The Morgan fingerprint density at radius 1 is 1.45 bits per heavy atom. The summed E-state index contributed by atoms with van der Waals surface area (Å²) < 4.78 is 2.23. The van der Waals surface area contributed by atoms with Gasteiger partial charge < -0.3 is 10.3 Å². The van der Waals surface area contributed by atoms with E-state index in [9.17, 15) is 0 Å². The van der Waals surface area contributed by atoms with Crippen LogP contribution in [0.1, 0.15) is 19.8 Å². The van der Waals surface area contributed by atoms with Gasteiger partial charge >= 0.3 is 0 Å². The molecule has 2 aromatic heterocycles. The molecule has 0 spiro atoms. The summed E-state index contributed by atoms with van der Waals surface area (Å²) in [6.45, 7) is 5.56. The molecule has 0 aliphatic carbocycles. The number of rotatable bonds is 4. The van der Waals surface area contributed by atoms with Gasteiger partial charge in [-0.15, -0.1) is 0 Å². The van der Waals surface area contributed by atoms with E-state index in [1.165, 1.54) is 19.4 Å². The quantitative estimate of drug-likeness (QED) is 0.924. The van der Waals surface area contributed by atoms with E-state index in [1.807, 2.05) is 24.7 Å². The second-order valence-electron chi connectivity index (χ2n) is 5.33. The van der Waals surface area contributed by atoms with Gasteiger partial charge in [-0.2, -0.15) is 0 Å². The molecular weight excluding hydrogens is 250 g/mol. The van der Waals surface area contributed by atoms with Crippen LogP contribution in [-0.4, -0.2) is 38.6 Å². The third-order valence-corrected chi connectivity index (χ3v) is 4.10. The fourth-order valence-corrected chi connectivity index (χ4v) is 3.06. The number of anilines is 1. The average Bonchev–Trinajstić information content (AvgIpc) is 3.08. The summed E-state index contributed by atoms with van der Waals surface area (Å²) in [5.41, 5.74) is 7.97. The topological polar surface area (TPSA) is 60.0 Å². The molecule has 1 aliphatic heterocycles. The maximum absolute atomic E-state index is 5.77. The Labute approximate surface area is 119 Å². The highest BCUT2D eigenvalue weighted by atomic mass is 15.2. The fourth-order valence-electron chi connectivity index (χ4n) is 3.06. The van der Waals surface area contributed by atoms with Crippen LogP contribution < -0.4 is 5.73 Å². The number of imidazole rings is 1. The molecule has 1 fully saturated rings. The second-order valence-corrected chi connectivity index (χ2v) is 5.33. The lowest BCUT2D eigenvalue weighted by Gasteiger charge is -2.23. The monoisotopic (exact) mass is 271 g/mol. The van der Waals surface area contributed by atoms with Crippen molar-refractivity contribution < 1.29 is 0 Å². The highest BCUT2D eigenvalue weighted by molar-refractivity contribution is 5.61. The number of hydrogen-bond acceptors (Lipinski definition) is 4. The molecule has 2 aromatic rings. The van der Waals surface area contributed by atoms with E-state index in [4.69, 9.17) is 5.73 Å². The van der Waals surface area contributed by atoms with Gasteiger partial charge in [0.25, 0.3) is 0 Å². The maximum atomic E-state index is 5.77. The van der Waals surface area contributed by atoms with Crippen molar-refractivity contribution in [2.24, 2.45) is 0 Å². The Morgan fingerprint density at radius 2 is 2.35 bits per heavy atom. The van der Waals surface area contributed by atoms with Crippen LogP contribution in [0.3, 0.4) is 0 Å². The summed E-state index contributed by atoms with van der Waals surface area (Å²) in [6, 6.07) is 4.50. The van der Waals surface area contributed by atoms with Crippen molar-refractivity contribution in [2.45, 2.75) is 32.4 Å². The lowest BCUT2D eigenvalue weighted by atomic mass is 10.1. The van der Waals surface area contributed by atoms with Gasteiger partial charge in [0.05, 0.1) is 18.2 Å². The zero-order valence-electron chi connectivity index (χ0n) is 11.9. The van der Waals surface area contributed by atoms with Gasteiger partial charge in [-0.3, -0.25) is 4.90 Å². The number of aromatic nitrogens is 3. The molecule has 5 heteroatoms. The van der Waals surface area contributed by atoms with Crippen molar-refractivity contribution in [3.63, 3.8) is 0 Å². The molecule has 1 atom stereocenters. The van der Waals surface area contributed by atoms with E-state index in [1.54, 1.807) is 6.20 Å². The Morgan fingerprint density at radius 3 is 3.15 bits per heavy atom.